The van der Waals surface area contributed by atoms with Crippen LogP contribution in [0.5, 0.6) is 11.5 Å². The number of rotatable bonds is 8. The molecule has 1 N–H and O–H groups in total. The standard InChI is InChI=1S/C29H30N2O4/c1-33-23-10-11-28-26(17-23)27(19-30-28)25(18-29(32)31-12-14-34-15-13-31)22-8-5-9-24(16-22)35-20-21-6-3-2-4-7-21/h2-11,16-17,19,25,30H,12-15,18,20H2,1H3/t25-/m1/s1. The van der Waals surface area contributed by atoms with Crippen molar-refractivity contribution in [3.63, 3.8) is 0 Å². The summed E-state index contributed by atoms with van der Waals surface area (Å²) in [7, 11) is 1.67. The second-order valence-electron chi connectivity index (χ2n) is 8.75. The third-order valence-electron chi connectivity index (χ3n) is 6.55. The Morgan fingerprint density at radius 2 is 1.83 bits per heavy atom. The quantitative estimate of drug-likeness (QED) is 0.388. The Morgan fingerprint density at radius 1 is 1.00 bits per heavy atom. The molecule has 1 amide bonds. The van der Waals surface area contributed by atoms with Crippen LogP contribution in [0, 0.1) is 0 Å². The number of methoxy groups -OCH3 is 1. The summed E-state index contributed by atoms with van der Waals surface area (Å²) >= 11 is 0. The molecule has 1 aromatic heterocycles. The molecular formula is C29H30N2O4. The van der Waals surface area contributed by atoms with Crippen LogP contribution in [0.15, 0.2) is 79.0 Å². The zero-order valence-electron chi connectivity index (χ0n) is 19.9. The Labute approximate surface area is 205 Å². The van der Waals surface area contributed by atoms with Crippen LogP contribution in [0.4, 0.5) is 0 Å². The number of hydrogen-bond donors (Lipinski definition) is 1. The Bertz CT molecular complexity index is 1280. The number of nitrogens with zero attached hydrogens (tertiary/aromatic N) is 1. The van der Waals surface area contributed by atoms with Crippen LogP contribution in [0.3, 0.4) is 0 Å². The molecule has 0 aliphatic carbocycles. The summed E-state index contributed by atoms with van der Waals surface area (Å²) in [4.78, 5) is 18.6. The summed E-state index contributed by atoms with van der Waals surface area (Å²) in [5.74, 6) is 1.57. The van der Waals surface area contributed by atoms with Crippen LogP contribution < -0.4 is 9.47 Å². The summed E-state index contributed by atoms with van der Waals surface area (Å²) in [5, 5.41) is 1.06. The lowest BCUT2D eigenvalue weighted by Crippen LogP contribution is -2.41. The van der Waals surface area contributed by atoms with E-state index in [1.807, 2.05) is 71.8 Å². The molecule has 5 rings (SSSR count). The molecule has 35 heavy (non-hydrogen) atoms. The molecule has 3 aromatic carbocycles. The van der Waals surface area contributed by atoms with Gasteiger partial charge >= 0.3 is 0 Å². The Morgan fingerprint density at radius 3 is 2.63 bits per heavy atom. The Kier molecular flexibility index (Phi) is 7.00. The van der Waals surface area contributed by atoms with Gasteiger partial charge in [0, 0.05) is 42.5 Å². The van der Waals surface area contributed by atoms with Crippen LogP contribution in [0.25, 0.3) is 10.9 Å². The molecule has 1 atom stereocenters. The van der Waals surface area contributed by atoms with Crippen LogP contribution >= 0.6 is 0 Å². The smallest absolute Gasteiger partial charge is 0.223 e. The molecule has 1 aliphatic heterocycles. The molecule has 1 saturated heterocycles. The van der Waals surface area contributed by atoms with Gasteiger partial charge in [0.25, 0.3) is 0 Å². The van der Waals surface area contributed by atoms with Crippen molar-refractivity contribution in [3.8, 4) is 11.5 Å². The highest BCUT2D eigenvalue weighted by molar-refractivity contribution is 5.87. The average Bonchev–Trinajstić information content (AvgIpc) is 3.34. The lowest BCUT2D eigenvalue weighted by Gasteiger charge is -2.29. The van der Waals surface area contributed by atoms with E-state index in [4.69, 9.17) is 14.2 Å². The van der Waals surface area contributed by atoms with Gasteiger partial charge in [0.1, 0.15) is 18.1 Å². The molecule has 0 saturated carbocycles. The molecule has 6 nitrogen and oxygen atoms in total. The number of amides is 1. The summed E-state index contributed by atoms with van der Waals surface area (Å²) in [6.45, 7) is 2.93. The molecule has 0 unspecified atom stereocenters. The number of aromatic nitrogens is 1. The van der Waals surface area contributed by atoms with Crippen LogP contribution in [0.2, 0.25) is 0 Å². The molecule has 1 fully saturated rings. The van der Waals surface area contributed by atoms with Crippen molar-refractivity contribution in [1.82, 2.24) is 9.88 Å². The average molecular weight is 471 g/mol. The van der Waals surface area contributed by atoms with Crippen molar-refractivity contribution < 1.29 is 19.0 Å². The van der Waals surface area contributed by atoms with E-state index in [9.17, 15) is 4.79 Å². The van der Waals surface area contributed by atoms with Crippen LogP contribution in [-0.4, -0.2) is 49.2 Å². The first kappa shape index (κ1) is 23.0. The van der Waals surface area contributed by atoms with E-state index >= 15 is 0 Å². The second-order valence-corrected chi connectivity index (χ2v) is 8.75. The fourth-order valence-corrected chi connectivity index (χ4v) is 4.62. The monoisotopic (exact) mass is 470 g/mol. The van der Waals surface area contributed by atoms with Crippen LogP contribution in [-0.2, 0) is 16.1 Å². The normalized spacial score (nSPS) is 14.6. The number of fused-ring (bicyclic) bond motifs is 1. The lowest BCUT2D eigenvalue weighted by molar-refractivity contribution is -0.135. The van der Waals surface area contributed by atoms with Gasteiger partial charge in [-0.1, -0.05) is 42.5 Å². The SMILES string of the molecule is COc1ccc2[nH]cc([C@H](CC(=O)N3CCOCC3)c3cccc(OCc4ccccc4)c3)c2c1. The first-order chi connectivity index (χ1) is 17.2. The van der Waals surface area contributed by atoms with Gasteiger partial charge < -0.3 is 24.1 Å². The highest BCUT2D eigenvalue weighted by Gasteiger charge is 2.26. The third-order valence-corrected chi connectivity index (χ3v) is 6.55. The molecule has 4 aromatic rings. The van der Waals surface area contributed by atoms with Gasteiger partial charge in [0.2, 0.25) is 5.91 Å². The molecular weight excluding hydrogens is 440 g/mol. The number of benzene rings is 3. The molecule has 0 radical (unpaired) electrons. The van der Waals surface area contributed by atoms with Gasteiger partial charge in [-0.3, -0.25) is 4.79 Å². The van der Waals surface area contributed by atoms with Gasteiger partial charge in [0.15, 0.2) is 0 Å². The van der Waals surface area contributed by atoms with Gasteiger partial charge in [-0.2, -0.15) is 0 Å². The minimum absolute atomic E-state index is 0.131. The van der Waals surface area contributed by atoms with E-state index in [2.05, 4.69) is 17.1 Å². The maximum atomic E-state index is 13.3. The van der Waals surface area contributed by atoms with Crippen molar-refractivity contribution in [2.24, 2.45) is 0 Å². The molecule has 2 heterocycles. The summed E-state index contributed by atoms with van der Waals surface area (Å²) < 4.78 is 17.0. The van der Waals surface area contributed by atoms with Crippen molar-refractivity contribution in [2.75, 3.05) is 33.4 Å². The first-order valence-corrected chi connectivity index (χ1v) is 12.0. The number of hydrogen-bond acceptors (Lipinski definition) is 4. The minimum atomic E-state index is -0.133. The Balaban J connectivity index is 1.47. The zero-order valence-corrected chi connectivity index (χ0v) is 19.9. The summed E-state index contributed by atoms with van der Waals surface area (Å²) in [5.41, 5.74) is 4.24. The summed E-state index contributed by atoms with van der Waals surface area (Å²) in [6.07, 6.45) is 2.38. The number of aromatic amines is 1. The van der Waals surface area contributed by atoms with E-state index in [0.29, 0.717) is 39.3 Å². The maximum absolute atomic E-state index is 13.3. The molecule has 0 bridgehead atoms. The molecule has 180 valence electrons. The van der Waals surface area contributed by atoms with E-state index in [1.54, 1.807) is 7.11 Å². The molecule has 6 heteroatoms. The topological polar surface area (TPSA) is 63.8 Å². The second kappa shape index (κ2) is 10.7. The predicted octanol–water partition coefficient (Wildman–Crippen LogP) is 5.14. The van der Waals surface area contributed by atoms with Crippen molar-refractivity contribution >= 4 is 16.8 Å². The van der Waals surface area contributed by atoms with Crippen LogP contribution in [0.1, 0.15) is 29.0 Å². The van der Waals surface area contributed by atoms with E-state index in [-0.39, 0.29) is 11.8 Å². The third kappa shape index (κ3) is 5.33. The summed E-state index contributed by atoms with van der Waals surface area (Å²) in [6, 6.07) is 24.2. The number of ether oxygens (including phenoxy) is 3. The van der Waals surface area contributed by atoms with E-state index in [1.165, 1.54) is 0 Å². The molecule has 1 aliphatic rings. The van der Waals surface area contributed by atoms with Gasteiger partial charge in [-0.05, 0) is 47.0 Å². The fraction of sp³-hybridized carbons (Fsp3) is 0.276. The van der Waals surface area contributed by atoms with E-state index in [0.717, 1.165) is 39.1 Å². The van der Waals surface area contributed by atoms with Gasteiger partial charge in [0.05, 0.1) is 20.3 Å². The van der Waals surface area contributed by atoms with Crippen molar-refractivity contribution in [2.45, 2.75) is 18.9 Å². The maximum Gasteiger partial charge on any atom is 0.223 e. The number of carbonyl (C=O) groups is 1. The largest absolute Gasteiger partial charge is 0.497 e. The first-order valence-electron chi connectivity index (χ1n) is 12.0. The lowest BCUT2D eigenvalue weighted by atomic mass is 9.87. The number of morpholine rings is 1. The highest BCUT2D eigenvalue weighted by atomic mass is 16.5. The fourth-order valence-electron chi connectivity index (χ4n) is 4.62. The zero-order chi connectivity index (χ0) is 24.0. The van der Waals surface area contributed by atoms with Crippen molar-refractivity contribution in [3.05, 3.63) is 95.7 Å². The number of nitrogens with one attached hydrogen (secondary N) is 1. The number of H-pyrrole nitrogens is 1. The van der Waals surface area contributed by atoms with Crippen molar-refractivity contribution in [1.29, 1.82) is 0 Å². The van der Waals surface area contributed by atoms with Gasteiger partial charge in [-0.25, -0.2) is 0 Å². The minimum Gasteiger partial charge on any atom is -0.497 e. The van der Waals surface area contributed by atoms with E-state index < -0.39 is 0 Å². The predicted molar refractivity (Wildman–Crippen MR) is 136 cm³/mol. The Hall–Kier alpha value is -3.77. The number of carbonyl (C=O) groups excluding carboxylic acids is 1. The van der Waals surface area contributed by atoms with Gasteiger partial charge in [-0.15, -0.1) is 0 Å². The highest BCUT2D eigenvalue weighted by Crippen LogP contribution is 2.36. The molecule has 0 spiro atoms.